The Bertz CT molecular complexity index is 716. The topological polar surface area (TPSA) is 96.4 Å². The van der Waals surface area contributed by atoms with Gasteiger partial charge in [0, 0.05) is 11.1 Å². The highest BCUT2D eigenvalue weighted by Gasteiger charge is 2.29. The second-order valence-corrected chi connectivity index (χ2v) is 6.72. The van der Waals surface area contributed by atoms with E-state index in [1.807, 2.05) is 0 Å². The van der Waals surface area contributed by atoms with Crippen LogP contribution < -0.4 is 4.72 Å². The van der Waals surface area contributed by atoms with Crippen LogP contribution in [0.25, 0.3) is 0 Å². The number of carboxylic acids is 1. The smallest absolute Gasteiger partial charge is 0.327 e. The molecule has 2 aromatic rings. The van der Waals surface area contributed by atoms with Crippen molar-refractivity contribution in [1.82, 2.24) is 9.71 Å². The van der Waals surface area contributed by atoms with E-state index in [-0.39, 0.29) is 10.0 Å². The van der Waals surface area contributed by atoms with Crippen molar-refractivity contribution in [3.63, 3.8) is 0 Å². The number of hydrogen-bond acceptors (Lipinski definition) is 5. The maximum Gasteiger partial charge on any atom is 0.327 e. The minimum absolute atomic E-state index is 0.213. The maximum atomic E-state index is 12.2. The quantitative estimate of drug-likeness (QED) is 0.815. The molecule has 0 saturated heterocycles. The number of nitrogens with one attached hydrogen (secondary N) is 1. The van der Waals surface area contributed by atoms with Gasteiger partial charge in [-0.05, 0) is 23.6 Å². The molecule has 0 aliphatic rings. The summed E-state index contributed by atoms with van der Waals surface area (Å²) >= 11 is 6.86. The molecule has 0 aliphatic heterocycles. The number of aliphatic carboxylic acids is 1. The Hall–Kier alpha value is -1.48. The van der Waals surface area contributed by atoms with Gasteiger partial charge in [0.2, 0.25) is 10.0 Å². The van der Waals surface area contributed by atoms with Crippen LogP contribution in [0.1, 0.15) is 10.9 Å². The summed E-state index contributed by atoms with van der Waals surface area (Å²) in [5, 5.41) is 10.6. The number of hydrogen-bond donors (Lipinski definition) is 2. The minimum atomic E-state index is -4.08. The monoisotopic (exact) mass is 332 g/mol. The van der Waals surface area contributed by atoms with Crippen LogP contribution in [-0.2, 0) is 14.8 Å². The predicted molar refractivity (Wildman–Crippen MR) is 74.3 cm³/mol. The van der Waals surface area contributed by atoms with Crippen LogP contribution in [0.4, 0.5) is 0 Å². The summed E-state index contributed by atoms with van der Waals surface area (Å²) in [6.45, 7) is 0. The predicted octanol–water partition coefficient (Wildman–Crippen LogP) is 1.90. The molecule has 0 radical (unpaired) electrons. The van der Waals surface area contributed by atoms with Crippen molar-refractivity contribution in [3.05, 3.63) is 45.9 Å². The Kier molecular flexibility index (Phi) is 4.39. The summed E-state index contributed by atoms with van der Waals surface area (Å²) in [6.07, 6.45) is 1.34. The Morgan fingerprint density at radius 1 is 1.40 bits per heavy atom. The Morgan fingerprint density at radius 3 is 2.70 bits per heavy atom. The highest BCUT2D eigenvalue weighted by molar-refractivity contribution is 7.89. The summed E-state index contributed by atoms with van der Waals surface area (Å²) in [4.78, 5) is 15.0. The lowest BCUT2D eigenvalue weighted by Crippen LogP contribution is -2.33. The first-order valence-corrected chi connectivity index (χ1v) is 8.05. The normalized spacial score (nSPS) is 13.1. The van der Waals surface area contributed by atoms with Crippen molar-refractivity contribution in [3.8, 4) is 0 Å². The number of halogens is 1. The molecule has 0 amide bonds. The average Bonchev–Trinajstić information content (AvgIpc) is 2.89. The van der Waals surface area contributed by atoms with Gasteiger partial charge in [-0.3, -0.25) is 4.79 Å². The zero-order valence-corrected chi connectivity index (χ0v) is 12.2. The molecule has 0 spiro atoms. The van der Waals surface area contributed by atoms with E-state index in [2.05, 4.69) is 9.71 Å². The molecule has 0 bridgehead atoms. The Labute approximate surface area is 124 Å². The third-order valence-corrected chi connectivity index (χ3v) is 5.17. The van der Waals surface area contributed by atoms with Crippen molar-refractivity contribution < 1.29 is 18.3 Å². The van der Waals surface area contributed by atoms with Gasteiger partial charge in [0.1, 0.15) is 10.0 Å². The fourth-order valence-corrected chi connectivity index (χ4v) is 3.94. The molecular formula is C11H9ClN2O4S2. The third-order valence-electron chi connectivity index (χ3n) is 2.36. The van der Waals surface area contributed by atoms with Gasteiger partial charge in [0.05, 0.1) is 0 Å². The molecule has 9 heteroatoms. The molecule has 2 aromatic heterocycles. The molecule has 0 fully saturated rings. The fourth-order valence-electron chi connectivity index (χ4n) is 1.48. The van der Waals surface area contributed by atoms with Crippen LogP contribution in [0, 0.1) is 0 Å². The van der Waals surface area contributed by atoms with Gasteiger partial charge in [-0.15, -0.1) is 11.3 Å². The maximum absolute atomic E-state index is 12.2. The van der Waals surface area contributed by atoms with Gasteiger partial charge >= 0.3 is 5.97 Å². The molecule has 2 N–H and O–H groups in total. The molecule has 0 saturated carbocycles. The summed E-state index contributed by atoms with van der Waals surface area (Å²) in [5.74, 6) is -1.30. The first-order chi connectivity index (χ1) is 9.42. The number of rotatable bonds is 5. The van der Waals surface area contributed by atoms with E-state index in [0.717, 1.165) is 11.3 Å². The van der Waals surface area contributed by atoms with E-state index in [0.29, 0.717) is 4.88 Å². The van der Waals surface area contributed by atoms with E-state index >= 15 is 0 Å². The van der Waals surface area contributed by atoms with E-state index in [9.17, 15) is 13.2 Å². The number of thiophene rings is 1. The minimum Gasteiger partial charge on any atom is -0.480 e. The van der Waals surface area contributed by atoms with Gasteiger partial charge in [-0.1, -0.05) is 17.7 Å². The van der Waals surface area contributed by atoms with Crippen LogP contribution in [0.5, 0.6) is 0 Å². The summed E-state index contributed by atoms with van der Waals surface area (Å²) in [7, 11) is -4.08. The standard InChI is InChI=1S/C11H9ClN2O4S2/c12-10-8(4-1-5-13-10)20(17,18)14-9(11(15)16)7-3-2-6-19-7/h1-6,9,14H,(H,15,16). The van der Waals surface area contributed by atoms with Crippen molar-refractivity contribution in [2.75, 3.05) is 0 Å². The molecular weight excluding hydrogens is 324 g/mol. The second-order valence-electron chi connectivity index (χ2n) is 3.70. The molecule has 0 aromatic carbocycles. The zero-order valence-electron chi connectivity index (χ0n) is 9.86. The van der Waals surface area contributed by atoms with Gasteiger partial charge in [0.15, 0.2) is 6.04 Å². The van der Waals surface area contributed by atoms with Crippen LogP contribution >= 0.6 is 22.9 Å². The van der Waals surface area contributed by atoms with Crippen LogP contribution in [0.3, 0.4) is 0 Å². The summed E-state index contributed by atoms with van der Waals surface area (Å²) < 4.78 is 26.4. The van der Waals surface area contributed by atoms with Gasteiger partial charge in [-0.25, -0.2) is 13.4 Å². The van der Waals surface area contributed by atoms with Crippen molar-refractivity contribution >= 4 is 38.9 Å². The average molecular weight is 333 g/mol. The Morgan fingerprint density at radius 2 is 2.15 bits per heavy atom. The molecule has 2 rings (SSSR count). The first-order valence-electron chi connectivity index (χ1n) is 5.31. The second kappa shape index (κ2) is 5.88. The lowest BCUT2D eigenvalue weighted by Gasteiger charge is -2.13. The van der Waals surface area contributed by atoms with Crippen molar-refractivity contribution in [2.45, 2.75) is 10.9 Å². The zero-order chi connectivity index (χ0) is 14.8. The first kappa shape index (κ1) is 14.9. The number of nitrogens with zero attached hydrogens (tertiary/aromatic N) is 1. The molecule has 2 heterocycles. The van der Waals surface area contributed by atoms with Gasteiger partial charge in [-0.2, -0.15) is 4.72 Å². The molecule has 6 nitrogen and oxygen atoms in total. The highest BCUT2D eigenvalue weighted by Crippen LogP contribution is 2.24. The van der Waals surface area contributed by atoms with Crippen LogP contribution in [-0.4, -0.2) is 24.5 Å². The third kappa shape index (κ3) is 3.15. The van der Waals surface area contributed by atoms with E-state index in [1.54, 1.807) is 11.4 Å². The van der Waals surface area contributed by atoms with E-state index in [4.69, 9.17) is 16.7 Å². The molecule has 20 heavy (non-hydrogen) atoms. The van der Waals surface area contributed by atoms with Crippen LogP contribution in [0.2, 0.25) is 5.15 Å². The lowest BCUT2D eigenvalue weighted by molar-refractivity contribution is -0.139. The van der Waals surface area contributed by atoms with Crippen molar-refractivity contribution in [1.29, 1.82) is 0 Å². The lowest BCUT2D eigenvalue weighted by atomic mass is 10.3. The molecule has 106 valence electrons. The number of aromatic nitrogens is 1. The van der Waals surface area contributed by atoms with E-state index in [1.165, 1.54) is 24.4 Å². The van der Waals surface area contributed by atoms with E-state index < -0.39 is 22.0 Å². The van der Waals surface area contributed by atoms with Gasteiger partial charge < -0.3 is 5.11 Å². The molecule has 0 aliphatic carbocycles. The largest absolute Gasteiger partial charge is 0.480 e. The van der Waals surface area contributed by atoms with Crippen molar-refractivity contribution in [2.24, 2.45) is 0 Å². The fraction of sp³-hybridized carbons (Fsp3) is 0.0909. The molecule has 1 unspecified atom stereocenters. The summed E-state index contributed by atoms with van der Waals surface area (Å²) in [6, 6.07) is 4.47. The molecule has 1 atom stereocenters. The number of carboxylic acid groups (broad SMARTS) is 1. The Balaban J connectivity index is 2.36. The number of sulfonamides is 1. The van der Waals surface area contributed by atoms with Crippen LogP contribution in [0.15, 0.2) is 40.7 Å². The highest BCUT2D eigenvalue weighted by atomic mass is 35.5. The number of carbonyl (C=O) groups is 1. The van der Waals surface area contributed by atoms with Gasteiger partial charge in [0.25, 0.3) is 0 Å². The summed E-state index contributed by atoms with van der Waals surface area (Å²) in [5.41, 5.74) is 0. The SMILES string of the molecule is O=C(O)C(NS(=O)(=O)c1cccnc1Cl)c1cccs1. The number of pyridine rings is 1.